The Morgan fingerprint density at radius 3 is 2.70 bits per heavy atom. The summed E-state index contributed by atoms with van der Waals surface area (Å²) in [5.41, 5.74) is 8.05. The fraction of sp³-hybridized carbons (Fsp3) is 0.467. The van der Waals surface area contributed by atoms with Crippen LogP contribution in [0.4, 0.5) is 5.69 Å². The first kappa shape index (κ1) is 14.4. The molecule has 0 aliphatic carbocycles. The molecule has 0 amide bonds. The van der Waals surface area contributed by atoms with Gasteiger partial charge in [0.1, 0.15) is 17.4 Å². The number of imidazole rings is 1. The molecule has 2 rings (SSSR count). The molecular weight excluding hydrogens is 254 g/mol. The lowest BCUT2D eigenvalue weighted by Gasteiger charge is -2.17. The van der Waals surface area contributed by atoms with E-state index in [1.54, 1.807) is 6.07 Å². The van der Waals surface area contributed by atoms with E-state index in [4.69, 9.17) is 5.73 Å². The fourth-order valence-corrected chi connectivity index (χ4v) is 2.51. The van der Waals surface area contributed by atoms with E-state index in [0.29, 0.717) is 23.5 Å². The molecule has 0 bridgehead atoms. The summed E-state index contributed by atoms with van der Waals surface area (Å²) in [5, 5.41) is 9.45. The van der Waals surface area contributed by atoms with Crippen LogP contribution in [0.1, 0.15) is 39.1 Å². The van der Waals surface area contributed by atoms with Crippen molar-refractivity contribution >= 4 is 22.7 Å². The van der Waals surface area contributed by atoms with Crippen molar-refractivity contribution in [3.05, 3.63) is 24.0 Å². The second-order valence-corrected chi connectivity index (χ2v) is 5.47. The number of fused-ring (bicyclic) bond motifs is 1. The Labute approximate surface area is 118 Å². The minimum absolute atomic E-state index is 0.401. The summed E-state index contributed by atoms with van der Waals surface area (Å²) in [6.45, 7) is 6.06. The Bertz CT molecular complexity index is 631. The fourth-order valence-electron chi connectivity index (χ4n) is 2.51. The van der Waals surface area contributed by atoms with Crippen LogP contribution < -0.4 is 5.73 Å². The quantitative estimate of drug-likeness (QED) is 0.822. The topological polar surface area (TPSA) is 81.1 Å². The highest BCUT2D eigenvalue weighted by atomic mass is 16.4. The predicted molar refractivity (Wildman–Crippen MR) is 79.7 cm³/mol. The number of anilines is 1. The predicted octanol–water partition coefficient (Wildman–Crippen LogP) is 2.85. The molecule has 0 spiro atoms. The minimum Gasteiger partial charge on any atom is -0.480 e. The van der Waals surface area contributed by atoms with Gasteiger partial charge in [0, 0.05) is 6.42 Å². The average Bonchev–Trinajstić information content (AvgIpc) is 2.70. The summed E-state index contributed by atoms with van der Waals surface area (Å²) in [5.74, 6) is 0.361. The summed E-state index contributed by atoms with van der Waals surface area (Å²) < 4.78 is 1.83. The summed E-state index contributed by atoms with van der Waals surface area (Å²) in [6.07, 6.45) is 1.25. The third-order valence-corrected chi connectivity index (χ3v) is 3.40. The van der Waals surface area contributed by atoms with Gasteiger partial charge in [-0.3, -0.25) is 0 Å². The van der Waals surface area contributed by atoms with Crippen LogP contribution in [0.2, 0.25) is 0 Å². The normalized spacial score (nSPS) is 13.0. The summed E-state index contributed by atoms with van der Waals surface area (Å²) >= 11 is 0. The number of nitrogen functional groups attached to an aromatic ring is 1. The van der Waals surface area contributed by atoms with Gasteiger partial charge in [-0.1, -0.05) is 26.8 Å². The standard InChI is InChI=1S/C15H21N3O2/c1-4-11(15(19)20)18-12-7-5-6-10(16)14(12)17-13(18)8-9(2)3/h5-7,9,11H,4,8,16H2,1-3H3,(H,19,20). The molecule has 0 aliphatic heterocycles. The highest BCUT2D eigenvalue weighted by molar-refractivity contribution is 5.89. The van der Waals surface area contributed by atoms with Crippen molar-refractivity contribution in [2.45, 2.75) is 39.7 Å². The molecule has 5 nitrogen and oxygen atoms in total. The van der Waals surface area contributed by atoms with Crippen molar-refractivity contribution in [1.29, 1.82) is 0 Å². The largest absolute Gasteiger partial charge is 0.480 e. The molecule has 108 valence electrons. The first-order valence-corrected chi connectivity index (χ1v) is 6.93. The van der Waals surface area contributed by atoms with E-state index >= 15 is 0 Å². The SMILES string of the molecule is CCC(C(=O)O)n1c(CC(C)C)nc2c(N)cccc21. The molecule has 20 heavy (non-hydrogen) atoms. The maximum Gasteiger partial charge on any atom is 0.326 e. The molecule has 3 N–H and O–H groups in total. The van der Waals surface area contributed by atoms with E-state index in [2.05, 4.69) is 18.8 Å². The molecule has 1 aromatic heterocycles. The van der Waals surface area contributed by atoms with Crippen LogP contribution in [0.15, 0.2) is 18.2 Å². The Kier molecular flexibility index (Phi) is 3.97. The minimum atomic E-state index is -0.834. The zero-order valence-corrected chi connectivity index (χ0v) is 12.1. The maximum atomic E-state index is 11.5. The van der Waals surface area contributed by atoms with Gasteiger partial charge in [-0.2, -0.15) is 0 Å². The molecule has 0 saturated heterocycles. The number of hydrogen-bond acceptors (Lipinski definition) is 3. The molecule has 0 fully saturated rings. The monoisotopic (exact) mass is 275 g/mol. The highest BCUT2D eigenvalue weighted by Gasteiger charge is 2.24. The lowest BCUT2D eigenvalue weighted by molar-refractivity contribution is -0.140. The van der Waals surface area contributed by atoms with Gasteiger partial charge in [0.05, 0.1) is 11.2 Å². The van der Waals surface area contributed by atoms with Gasteiger partial charge in [-0.15, -0.1) is 0 Å². The van der Waals surface area contributed by atoms with Crippen LogP contribution in [0, 0.1) is 5.92 Å². The first-order chi connectivity index (χ1) is 9.45. The molecule has 0 aliphatic rings. The Morgan fingerprint density at radius 1 is 1.45 bits per heavy atom. The molecule has 0 saturated carbocycles. The zero-order valence-electron chi connectivity index (χ0n) is 12.1. The number of carboxylic acid groups (broad SMARTS) is 1. The number of nitrogens with zero attached hydrogens (tertiary/aromatic N) is 2. The van der Waals surface area contributed by atoms with Crippen LogP contribution >= 0.6 is 0 Å². The van der Waals surface area contributed by atoms with E-state index in [1.165, 1.54) is 0 Å². The van der Waals surface area contributed by atoms with Gasteiger partial charge in [-0.05, 0) is 24.5 Å². The van der Waals surface area contributed by atoms with Crippen molar-refractivity contribution in [1.82, 2.24) is 9.55 Å². The summed E-state index contributed by atoms with van der Waals surface area (Å²) in [4.78, 5) is 16.1. The lowest BCUT2D eigenvalue weighted by Crippen LogP contribution is -2.21. The average molecular weight is 275 g/mol. The second-order valence-electron chi connectivity index (χ2n) is 5.47. The van der Waals surface area contributed by atoms with Gasteiger partial charge < -0.3 is 15.4 Å². The molecule has 1 aromatic carbocycles. The third kappa shape index (κ3) is 2.48. The Morgan fingerprint density at radius 2 is 2.15 bits per heavy atom. The van der Waals surface area contributed by atoms with E-state index in [0.717, 1.165) is 17.8 Å². The summed E-state index contributed by atoms with van der Waals surface area (Å²) in [6, 6.07) is 4.91. The maximum absolute atomic E-state index is 11.5. The highest BCUT2D eigenvalue weighted by Crippen LogP contribution is 2.28. The molecular formula is C15H21N3O2. The number of nitrogens with two attached hydrogens (primary N) is 1. The van der Waals surface area contributed by atoms with Gasteiger partial charge >= 0.3 is 5.97 Å². The van der Waals surface area contributed by atoms with Gasteiger partial charge in [-0.25, -0.2) is 9.78 Å². The number of hydrogen-bond donors (Lipinski definition) is 2. The number of aromatic nitrogens is 2. The van der Waals surface area contributed by atoms with E-state index in [9.17, 15) is 9.90 Å². The first-order valence-electron chi connectivity index (χ1n) is 6.93. The number of para-hydroxylation sites is 1. The van der Waals surface area contributed by atoms with E-state index < -0.39 is 12.0 Å². The molecule has 2 aromatic rings. The van der Waals surface area contributed by atoms with E-state index in [-0.39, 0.29) is 0 Å². The molecule has 1 atom stereocenters. The van der Waals surface area contributed by atoms with Crippen LogP contribution in [-0.4, -0.2) is 20.6 Å². The number of aliphatic carboxylic acids is 1. The van der Waals surface area contributed by atoms with Crippen LogP contribution in [0.5, 0.6) is 0 Å². The van der Waals surface area contributed by atoms with Crippen molar-refractivity contribution in [2.75, 3.05) is 5.73 Å². The smallest absolute Gasteiger partial charge is 0.326 e. The third-order valence-electron chi connectivity index (χ3n) is 3.40. The van der Waals surface area contributed by atoms with Gasteiger partial charge in [0.25, 0.3) is 0 Å². The summed E-state index contributed by atoms with van der Waals surface area (Å²) in [7, 11) is 0. The van der Waals surface area contributed by atoms with E-state index in [1.807, 2.05) is 23.6 Å². The van der Waals surface area contributed by atoms with Crippen LogP contribution in [0.3, 0.4) is 0 Å². The molecule has 1 heterocycles. The van der Waals surface area contributed by atoms with Crippen molar-refractivity contribution in [3.8, 4) is 0 Å². The zero-order chi connectivity index (χ0) is 14.9. The van der Waals surface area contributed by atoms with Crippen molar-refractivity contribution in [2.24, 2.45) is 5.92 Å². The Hall–Kier alpha value is -2.04. The van der Waals surface area contributed by atoms with Crippen molar-refractivity contribution < 1.29 is 9.90 Å². The second kappa shape index (κ2) is 5.53. The molecule has 1 unspecified atom stereocenters. The van der Waals surface area contributed by atoms with Gasteiger partial charge in [0.15, 0.2) is 0 Å². The van der Waals surface area contributed by atoms with Crippen molar-refractivity contribution in [3.63, 3.8) is 0 Å². The van der Waals surface area contributed by atoms with Gasteiger partial charge in [0.2, 0.25) is 0 Å². The number of carbonyl (C=O) groups is 1. The molecule has 0 radical (unpaired) electrons. The number of rotatable bonds is 5. The van der Waals surface area contributed by atoms with Crippen LogP contribution in [-0.2, 0) is 11.2 Å². The lowest BCUT2D eigenvalue weighted by atomic mass is 10.1. The van der Waals surface area contributed by atoms with Crippen LogP contribution in [0.25, 0.3) is 11.0 Å². The number of carboxylic acids is 1. The number of benzene rings is 1. The Balaban J connectivity index is 2.70. The molecule has 5 heteroatoms.